The molecule has 0 atom stereocenters. The highest BCUT2D eigenvalue weighted by Crippen LogP contribution is 2.38. The van der Waals surface area contributed by atoms with Crippen LogP contribution in [0.15, 0.2) is 60.7 Å². The van der Waals surface area contributed by atoms with Crippen molar-refractivity contribution in [2.24, 2.45) is 0 Å². The van der Waals surface area contributed by atoms with Gasteiger partial charge >= 0.3 is 0 Å². The van der Waals surface area contributed by atoms with Crippen LogP contribution in [0.1, 0.15) is 35.1 Å². The molecule has 0 radical (unpaired) electrons. The molecule has 0 bridgehead atoms. The van der Waals surface area contributed by atoms with Crippen LogP contribution in [0.2, 0.25) is 0 Å². The molecule has 0 spiro atoms. The molecule has 1 amide bonds. The number of methoxy groups -OCH3 is 3. The Morgan fingerprint density at radius 2 is 1.66 bits per heavy atom. The lowest BCUT2D eigenvalue weighted by Gasteiger charge is -2.14. The Kier molecular flexibility index (Phi) is 9.08. The second-order valence-corrected chi connectivity index (χ2v) is 8.79. The predicted octanol–water partition coefficient (Wildman–Crippen LogP) is 5.07. The Hall–Kier alpha value is -4.20. The molecule has 0 aliphatic carbocycles. The van der Waals surface area contributed by atoms with Crippen molar-refractivity contribution in [3.63, 3.8) is 0 Å². The lowest BCUT2D eigenvalue weighted by Crippen LogP contribution is -2.26. The van der Waals surface area contributed by atoms with Crippen molar-refractivity contribution in [2.75, 3.05) is 34.5 Å². The minimum atomic E-state index is -0.227. The Balaban J connectivity index is 1.39. The molecule has 8 heteroatoms. The summed E-state index contributed by atoms with van der Waals surface area (Å²) in [4.78, 5) is 17.7. The number of hydrogen-bond acceptors (Lipinski definition) is 6. The van der Waals surface area contributed by atoms with Gasteiger partial charge in [-0.3, -0.25) is 4.79 Å². The van der Waals surface area contributed by atoms with Gasteiger partial charge in [-0.1, -0.05) is 31.2 Å². The number of aromatic nitrogens is 2. The average Bonchev–Trinajstić information content (AvgIpc) is 3.31. The van der Waals surface area contributed by atoms with E-state index in [4.69, 9.17) is 23.9 Å². The van der Waals surface area contributed by atoms with Crippen molar-refractivity contribution < 1.29 is 23.7 Å². The second-order valence-electron chi connectivity index (χ2n) is 8.79. The van der Waals surface area contributed by atoms with E-state index in [2.05, 4.69) is 35.0 Å². The molecule has 0 aliphatic rings. The minimum Gasteiger partial charge on any atom is -0.494 e. The molecule has 0 aliphatic heterocycles. The number of fused-ring (bicyclic) bond motifs is 1. The van der Waals surface area contributed by atoms with Crippen LogP contribution in [0.25, 0.3) is 11.0 Å². The van der Waals surface area contributed by atoms with Crippen LogP contribution in [0.4, 0.5) is 0 Å². The number of carbonyl (C=O) groups is 1. The predicted molar refractivity (Wildman–Crippen MR) is 148 cm³/mol. The summed E-state index contributed by atoms with van der Waals surface area (Å²) in [6.07, 6.45) is 2.44. The number of para-hydroxylation sites is 2. The first kappa shape index (κ1) is 26.9. The minimum absolute atomic E-state index is 0.227. The number of nitrogens with zero attached hydrogens (tertiary/aromatic N) is 2. The molecular weight excluding hydrogens is 482 g/mol. The molecule has 0 saturated carbocycles. The second kappa shape index (κ2) is 12.9. The van der Waals surface area contributed by atoms with Gasteiger partial charge in [0.05, 0.1) is 39.0 Å². The van der Waals surface area contributed by atoms with Crippen molar-refractivity contribution in [2.45, 2.75) is 32.7 Å². The van der Waals surface area contributed by atoms with Gasteiger partial charge in [0.15, 0.2) is 11.5 Å². The molecule has 4 aromatic rings. The maximum absolute atomic E-state index is 12.9. The summed E-state index contributed by atoms with van der Waals surface area (Å²) in [5.41, 5.74) is 3.74. The molecule has 4 rings (SSSR count). The van der Waals surface area contributed by atoms with Gasteiger partial charge in [-0.25, -0.2) is 4.98 Å². The molecule has 1 N–H and O–H groups in total. The Bertz CT molecular complexity index is 1340. The summed E-state index contributed by atoms with van der Waals surface area (Å²) in [7, 11) is 4.58. The van der Waals surface area contributed by atoms with E-state index in [9.17, 15) is 4.79 Å². The summed E-state index contributed by atoms with van der Waals surface area (Å²) < 4.78 is 24.3. The van der Waals surface area contributed by atoms with Crippen molar-refractivity contribution in [3.8, 4) is 23.0 Å². The zero-order chi connectivity index (χ0) is 26.9. The molecule has 3 aromatic carbocycles. The third-order valence-corrected chi connectivity index (χ3v) is 6.42. The number of carbonyl (C=O) groups excluding carboxylic acids is 1. The number of hydrogen-bond donors (Lipinski definition) is 1. The number of amides is 1. The number of nitrogens with one attached hydrogen (secondary N) is 1. The SMILES string of the molecule is CCc1ccc(OCCCn2c(CCNC(=O)c3cc(OC)c(OC)c(OC)c3)nc3ccccc32)cc1. The maximum atomic E-state index is 12.9. The van der Waals surface area contributed by atoms with Crippen LogP contribution in [0, 0.1) is 0 Å². The van der Waals surface area contributed by atoms with E-state index in [1.807, 2.05) is 30.3 Å². The molecule has 0 saturated heterocycles. The van der Waals surface area contributed by atoms with Crippen molar-refractivity contribution in [3.05, 3.63) is 77.6 Å². The van der Waals surface area contributed by atoms with Crippen molar-refractivity contribution >= 4 is 16.9 Å². The smallest absolute Gasteiger partial charge is 0.251 e. The molecule has 0 unspecified atom stereocenters. The fraction of sp³-hybridized carbons (Fsp3) is 0.333. The fourth-order valence-corrected chi connectivity index (χ4v) is 4.40. The molecule has 1 heterocycles. The van der Waals surface area contributed by atoms with Gasteiger partial charge < -0.3 is 28.8 Å². The van der Waals surface area contributed by atoms with Gasteiger partial charge in [0.25, 0.3) is 5.91 Å². The van der Waals surface area contributed by atoms with E-state index >= 15 is 0 Å². The number of rotatable bonds is 13. The molecule has 0 fully saturated rings. The van der Waals surface area contributed by atoms with Crippen LogP contribution in [0.3, 0.4) is 0 Å². The highest BCUT2D eigenvalue weighted by molar-refractivity contribution is 5.95. The molecular formula is C30H35N3O5. The van der Waals surface area contributed by atoms with Gasteiger partial charge in [-0.05, 0) is 54.8 Å². The lowest BCUT2D eigenvalue weighted by molar-refractivity contribution is 0.0953. The van der Waals surface area contributed by atoms with Crippen molar-refractivity contribution in [1.29, 1.82) is 0 Å². The molecule has 200 valence electrons. The monoisotopic (exact) mass is 517 g/mol. The Morgan fingerprint density at radius 3 is 2.32 bits per heavy atom. The van der Waals surface area contributed by atoms with E-state index < -0.39 is 0 Å². The summed E-state index contributed by atoms with van der Waals surface area (Å²) in [6, 6.07) is 19.6. The van der Waals surface area contributed by atoms with Gasteiger partial charge in [0.2, 0.25) is 5.75 Å². The number of ether oxygens (including phenoxy) is 4. The maximum Gasteiger partial charge on any atom is 0.251 e. The molecule has 1 aromatic heterocycles. The summed E-state index contributed by atoms with van der Waals surface area (Å²) in [6.45, 7) is 3.94. The van der Waals surface area contributed by atoms with E-state index in [1.54, 1.807) is 12.1 Å². The van der Waals surface area contributed by atoms with Crippen LogP contribution in [0.5, 0.6) is 23.0 Å². The largest absolute Gasteiger partial charge is 0.494 e. The zero-order valence-corrected chi connectivity index (χ0v) is 22.5. The Morgan fingerprint density at radius 1 is 0.947 bits per heavy atom. The topological polar surface area (TPSA) is 83.8 Å². The van der Waals surface area contributed by atoms with Crippen molar-refractivity contribution in [1.82, 2.24) is 14.9 Å². The third-order valence-electron chi connectivity index (χ3n) is 6.42. The standard InChI is InChI=1S/C30H35N3O5/c1-5-21-11-13-23(14-12-21)38-18-8-17-33-25-10-7-6-9-24(25)32-28(33)15-16-31-30(34)22-19-26(35-2)29(37-4)27(20-22)36-3/h6-7,9-14,19-20H,5,8,15-18H2,1-4H3,(H,31,34). The summed E-state index contributed by atoms with van der Waals surface area (Å²) in [5.74, 6) is 2.89. The van der Waals surface area contributed by atoms with Gasteiger partial charge in [-0.15, -0.1) is 0 Å². The number of aryl methyl sites for hydroxylation is 2. The van der Waals surface area contributed by atoms with Crippen LogP contribution in [-0.2, 0) is 19.4 Å². The lowest BCUT2D eigenvalue weighted by atomic mass is 10.1. The van der Waals surface area contributed by atoms with E-state index in [1.165, 1.54) is 26.9 Å². The first-order valence-corrected chi connectivity index (χ1v) is 12.8. The number of benzene rings is 3. The van der Waals surface area contributed by atoms with E-state index in [-0.39, 0.29) is 5.91 Å². The normalized spacial score (nSPS) is 10.8. The zero-order valence-electron chi connectivity index (χ0n) is 22.5. The highest BCUT2D eigenvalue weighted by atomic mass is 16.5. The van der Waals surface area contributed by atoms with E-state index in [0.29, 0.717) is 42.4 Å². The van der Waals surface area contributed by atoms with Crippen LogP contribution < -0.4 is 24.3 Å². The summed E-state index contributed by atoms with van der Waals surface area (Å²) >= 11 is 0. The fourth-order valence-electron chi connectivity index (χ4n) is 4.40. The third kappa shape index (κ3) is 6.19. The molecule has 38 heavy (non-hydrogen) atoms. The van der Waals surface area contributed by atoms with Gasteiger partial charge in [-0.2, -0.15) is 0 Å². The summed E-state index contributed by atoms with van der Waals surface area (Å²) in [5, 5.41) is 2.99. The first-order valence-electron chi connectivity index (χ1n) is 12.8. The quantitative estimate of drug-likeness (QED) is 0.250. The van der Waals surface area contributed by atoms with Crippen LogP contribution in [-0.4, -0.2) is 49.9 Å². The average molecular weight is 518 g/mol. The van der Waals surface area contributed by atoms with Crippen LogP contribution >= 0.6 is 0 Å². The first-order chi connectivity index (χ1) is 18.6. The van der Waals surface area contributed by atoms with E-state index in [0.717, 1.165) is 42.0 Å². The Labute approximate surface area is 223 Å². The molecule has 8 nitrogen and oxygen atoms in total. The highest BCUT2D eigenvalue weighted by Gasteiger charge is 2.17. The van der Waals surface area contributed by atoms with Gasteiger partial charge in [0, 0.05) is 25.1 Å². The number of imidazole rings is 1. The van der Waals surface area contributed by atoms with Gasteiger partial charge in [0.1, 0.15) is 11.6 Å².